The molecule has 3 aromatic rings. The average Bonchev–Trinajstić information content (AvgIpc) is 3.09. The summed E-state index contributed by atoms with van der Waals surface area (Å²) >= 11 is 0. The van der Waals surface area contributed by atoms with Gasteiger partial charge in [0.15, 0.2) is 0 Å². The first-order valence-electron chi connectivity index (χ1n) is 9.01. The van der Waals surface area contributed by atoms with Gasteiger partial charge < -0.3 is 14.5 Å². The lowest BCUT2D eigenvalue weighted by atomic mass is 10.1. The Morgan fingerprint density at radius 2 is 1.86 bits per heavy atom. The summed E-state index contributed by atoms with van der Waals surface area (Å²) in [7, 11) is 1.31. The summed E-state index contributed by atoms with van der Waals surface area (Å²) in [5.74, 6) is 0.669. The van der Waals surface area contributed by atoms with E-state index < -0.39 is 6.09 Å². The number of furan rings is 1. The number of para-hydroxylation sites is 1. The number of benzene rings is 2. The van der Waals surface area contributed by atoms with E-state index >= 15 is 0 Å². The van der Waals surface area contributed by atoms with E-state index in [2.05, 4.69) is 15.4 Å². The van der Waals surface area contributed by atoms with Crippen LogP contribution in [-0.4, -0.2) is 19.1 Å². The third kappa shape index (κ3) is 4.59. The topological polar surface area (TPSA) is 80.6 Å². The van der Waals surface area contributed by atoms with Gasteiger partial charge in [-0.2, -0.15) is 0 Å². The Kier molecular flexibility index (Phi) is 6.11. The maximum atomic E-state index is 12.2. The Morgan fingerprint density at radius 1 is 1.11 bits per heavy atom. The molecule has 0 unspecified atom stereocenters. The Balaban J connectivity index is 1.61. The third-order valence-electron chi connectivity index (χ3n) is 4.29. The molecular formula is C22H22N2O4. The first kappa shape index (κ1) is 19.2. The van der Waals surface area contributed by atoms with Crippen molar-refractivity contribution in [1.82, 2.24) is 5.32 Å². The normalized spacial score (nSPS) is 10.9. The van der Waals surface area contributed by atoms with Crippen LogP contribution < -0.4 is 10.6 Å². The summed E-state index contributed by atoms with van der Waals surface area (Å²) in [5, 5.41) is 6.42. The van der Waals surface area contributed by atoms with Crippen molar-refractivity contribution in [2.75, 3.05) is 12.4 Å². The first-order valence-corrected chi connectivity index (χ1v) is 9.01. The van der Waals surface area contributed by atoms with E-state index in [0.29, 0.717) is 12.2 Å². The molecule has 0 spiro atoms. The number of amides is 2. The van der Waals surface area contributed by atoms with Crippen LogP contribution in [0.2, 0.25) is 0 Å². The zero-order valence-corrected chi connectivity index (χ0v) is 15.8. The van der Waals surface area contributed by atoms with Crippen LogP contribution in [0, 0.1) is 0 Å². The van der Waals surface area contributed by atoms with Crippen LogP contribution in [0.25, 0.3) is 17.0 Å². The van der Waals surface area contributed by atoms with Crippen molar-refractivity contribution >= 4 is 34.7 Å². The lowest BCUT2D eigenvalue weighted by Crippen LogP contribution is -2.20. The Hall–Kier alpha value is -3.54. The summed E-state index contributed by atoms with van der Waals surface area (Å²) in [5.41, 5.74) is 3.30. The van der Waals surface area contributed by atoms with Gasteiger partial charge >= 0.3 is 6.09 Å². The highest BCUT2D eigenvalue weighted by Gasteiger charge is 2.10. The number of carbonyl (C=O) groups is 2. The number of carbonyl (C=O) groups excluding carboxylic acids is 2. The van der Waals surface area contributed by atoms with E-state index in [1.165, 1.54) is 13.2 Å². The van der Waals surface area contributed by atoms with Crippen LogP contribution in [0.1, 0.15) is 23.8 Å². The minimum absolute atomic E-state index is 0.191. The number of hydrogen-bond acceptors (Lipinski definition) is 4. The predicted molar refractivity (Wildman–Crippen MR) is 109 cm³/mol. The van der Waals surface area contributed by atoms with E-state index in [-0.39, 0.29) is 5.91 Å². The molecule has 3 rings (SSSR count). The van der Waals surface area contributed by atoms with Crippen molar-refractivity contribution in [2.24, 2.45) is 0 Å². The smallest absolute Gasteiger partial charge is 0.411 e. The molecule has 2 N–H and O–H groups in total. The van der Waals surface area contributed by atoms with Crippen LogP contribution in [0.3, 0.4) is 0 Å². The van der Waals surface area contributed by atoms with Gasteiger partial charge in [-0.1, -0.05) is 37.3 Å². The molecule has 0 aliphatic carbocycles. The number of fused-ring (bicyclic) bond motifs is 1. The van der Waals surface area contributed by atoms with Crippen molar-refractivity contribution in [1.29, 1.82) is 0 Å². The zero-order chi connectivity index (χ0) is 19.9. The maximum absolute atomic E-state index is 12.2. The Bertz CT molecular complexity index is 1000. The van der Waals surface area contributed by atoms with E-state index in [9.17, 15) is 9.59 Å². The highest BCUT2D eigenvalue weighted by molar-refractivity contribution is 5.96. The van der Waals surface area contributed by atoms with Gasteiger partial charge in [0.05, 0.1) is 7.11 Å². The molecule has 1 aromatic heterocycles. The van der Waals surface area contributed by atoms with Crippen LogP contribution in [0.4, 0.5) is 10.5 Å². The highest BCUT2D eigenvalue weighted by Crippen LogP contribution is 2.27. The van der Waals surface area contributed by atoms with E-state index in [4.69, 9.17) is 4.42 Å². The average molecular weight is 378 g/mol. The van der Waals surface area contributed by atoms with Gasteiger partial charge in [0.2, 0.25) is 5.91 Å². The Labute approximate surface area is 163 Å². The predicted octanol–water partition coefficient (Wildman–Crippen LogP) is 4.50. The van der Waals surface area contributed by atoms with Gasteiger partial charge in [0, 0.05) is 35.7 Å². The number of hydrogen-bond donors (Lipinski definition) is 2. The largest absolute Gasteiger partial charge is 0.460 e. The molecule has 6 nitrogen and oxygen atoms in total. The van der Waals surface area contributed by atoms with E-state index in [0.717, 1.165) is 34.3 Å². The molecule has 0 fully saturated rings. The summed E-state index contributed by atoms with van der Waals surface area (Å²) in [6.07, 6.45) is 3.54. The van der Waals surface area contributed by atoms with Crippen LogP contribution in [0.15, 0.2) is 59.0 Å². The van der Waals surface area contributed by atoms with Gasteiger partial charge in [-0.25, -0.2) is 4.79 Å². The van der Waals surface area contributed by atoms with Crippen molar-refractivity contribution in [3.05, 3.63) is 71.5 Å². The number of nitrogens with one attached hydrogen (secondary N) is 2. The zero-order valence-electron chi connectivity index (χ0n) is 15.8. The van der Waals surface area contributed by atoms with Gasteiger partial charge in [0.1, 0.15) is 11.3 Å². The molecule has 2 amide bonds. The summed E-state index contributed by atoms with van der Waals surface area (Å²) in [6.45, 7) is 2.41. The fourth-order valence-corrected chi connectivity index (χ4v) is 2.84. The fourth-order valence-electron chi connectivity index (χ4n) is 2.84. The molecule has 6 heteroatoms. The standard InChI is InChI=1S/C22H22N2O4/c1-3-19-18(17-6-4-5-7-20(17)28-19)12-13-21(25)23-14-15-8-10-16(11-9-15)24-22(26)27-2/h4-13H,3,14H2,1-2H3,(H,23,25)(H,24,26)/b13-12+. The number of ether oxygens (including phenoxy) is 1. The van der Waals surface area contributed by atoms with E-state index in [1.807, 2.05) is 43.3 Å². The SMILES string of the molecule is CCc1oc2ccccc2c1/C=C/C(=O)NCc1ccc(NC(=O)OC)cc1. The molecule has 0 bridgehead atoms. The lowest BCUT2D eigenvalue weighted by molar-refractivity contribution is -0.116. The van der Waals surface area contributed by atoms with Gasteiger partial charge in [0.25, 0.3) is 0 Å². The molecule has 0 atom stereocenters. The van der Waals surface area contributed by atoms with E-state index in [1.54, 1.807) is 18.2 Å². The second-order valence-corrected chi connectivity index (χ2v) is 6.15. The molecule has 0 aliphatic heterocycles. The second kappa shape index (κ2) is 8.90. The Morgan fingerprint density at radius 3 is 2.57 bits per heavy atom. The van der Waals surface area contributed by atoms with Crippen molar-refractivity contribution in [2.45, 2.75) is 19.9 Å². The molecule has 0 radical (unpaired) electrons. The fraction of sp³-hybridized carbons (Fsp3) is 0.182. The second-order valence-electron chi connectivity index (χ2n) is 6.15. The molecule has 0 saturated heterocycles. The maximum Gasteiger partial charge on any atom is 0.411 e. The van der Waals surface area contributed by atoms with Gasteiger partial charge in [-0.05, 0) is 29.8 Å². The monoisotopic (exact) mass is 378 g/mol. The lowest BCUT2D eigenvalue weighted by Gasteiger charge is -2.06. The molecular weight excluding hydrogens is 356 g/mol. The van der Waals surface area contributed by atoms with Crippen molar-refractivity contribution < 1.29 is 18.7 Å². The van der Waals surface area contributed by atoms with Gasteiger partial charge in [-0.3, -0.25) is 10.1 Å². The minimum atomic E-state index is -0.524. The number of rotatable bonds is 6. The number of methoxy groups -OCH3 is 1. The van der Waals surface area contributed by atoms with Gasteiger partial charge in [-0.15, -0.1) is 0 Å². The molecule has 1 heterocycles. The quantitative estimate of drug-likeness (QED) is 0.619. The summed E-state index contributed by atoms with van der Waals surface area (Å²) < 4.78 is 10.4. The summed E-state index contributed by atoms with van der Waals surface area (Å²) in [4.78, 5) is 23.4. The molecule has 28 heavy (non-hydrogen) atoms. The third-order valence-corrected chi connectivity index (χ3v) is 4.29. The molecule has 0 aliphatic rings. The van der Waals surface area contributed by atoms with Crippen LogP contribution in [-0.2, 0) is 22.5 Å². The number of aryl methyl sites for hydroxylation is 1. The van der Waals surface area contributed by atoms with Crippen LogP contribution in [0.5, 0.6) is 0 Å². The molecule has 2 aromatic carbocycles. The van der Waals surface area contributed by atoms with Crippen molar-refractivity contribution in [3.63, 3.8) is 0 Å². The van der Waals surface area contributed by atoms with Crippen molar-refractivity contribution in [3.8, 4) is 0 Å². The summed E-state index contributed by atoms with van der Waals surface area (Å²) in [6, 6.07) is 14.9. The molecule has 0 saturated carbocycles. The molecule has 144 valence electrons. The minimum Gasteiger partial charge on any atom is -0.460 e. The first-order chi connectivity index (χ1) is 13.6. The van der Waals surface area contributed by atoms with Crippen LogP contribution >= 0.6 is 0 Å². The number of anilines is 1. The highest BCUT2D eigenvalue weighted by atomic mass is 16.5.